The lowest BCUT2D eigenvalue weighted by Gasteiger charge is -2.34. The number of carbonyl (C=O) groups excluding carboxylic acids is 2. The van der Waals surface area contributed by atoms with Crippen molar-refractivity contribution in [1.29, 1.82) is 0 Å². The van der Waals surface area contributed by atoms with Gasteiger partial charge in [0.25, 0.3) is 5.91 Å². The first-order valence-corrected chi connectivity index (χ1v) is 11.0. The number of piperazine rings is 1. The van der Waals surface area contributed by atoms with Gasteiger partial charge in [-0.15, -0.1) is 0 Å². The Labute approximate surface area is 193 Å². The molecular weight excluding hydrogens is 420 g/mol. The zero-order valence-corrected chi connectivity index (χ0v) is 19.2. The minimum absolute atomic E-state index is 0.112. The predicted molar refractivity (Wildman–Crippen MR) is 125 cm³/mol. The van der Waals surface area contributed by atoms with Crippen LogP contribution in [-0.4, -0.2) is 71.8 Å². The summed E-state index contributed by atoms with van der Waals surface area (Å²) < 4.78 is 12.7. The summed E-state index contributed by atoms with van der Waals surface area (Å²) in [5.74, 6) is 1.23. The van der Waals surface area contributed by atoms with Crippen LogP contribution in [0.1, 0.15) is 23.7 Å². The van der Waals surface area contributed by atoms with Crippen molar-refractivity contribution in [2.75, 3.05) is 40.4 Å². The number of ether oxygens (including phenoxy) is 2. The molecule has 2 heterocycles. The van der Waals surface area contributed by atoms with Crippen molar-refractivity contribution < 1.29 is 19.1 Å². The third-order valence-corrected chi connectivity index (χ3v) is 5.85. The van der Waals surface area contributed by atoms with Gasteiger partial charge in [-0.3, -0.25) is 9.59 Å². The van der Waals surface area contributed by atoms with Crippen LogP contribution in [0, 0.1) is 0 Å². The third-order valence-electron chi connectivity index (χ3n) is 5.85. The highest BCUT2D eigenvalue weighted by Crippen LogP contribution is 2.35. The smallest absolute Gasteiger partial charge is 0.257 e. The Morgan fingerprint density at radius 3 is 2.27 bits per heavy atom. The second kappa shape index (κ2) is 9.77. The molecule has 0 bridgehead atoms. The van der Waals surface area contributed by atoms with E-state index in [2.05, 4.69) is 0 Å². The molecule has 0 N–H and O–H groups in total. The maximum atomic E-state index is 13.6. The van der Waals surface area contributed by atoms with E-state index >= 15 is 0 Å². The summed E-state index contributed by atoms with van der Waals surface area (Å²) in [5, 5.41) is 4.78. The van der Waals surface area contributed by atoms with Crippen molar-refractivity contribution in [2.24, 2.45) is 0 Å². The van der Waals surface area contributed by atoms with Crippen LogP contribution in [0.25, 0.3) is 16.9 Å². The van der Waals surface area contributed by atoms with Gasteiger partial charge in [0.15, 0.2) is 0 Å². The molecule has 33 heavy (non-hydrogen) atoms. The molecular formula is C25H28N4O4. The number of benzene rings is 2. The van der Waals surface area contributed by atoms with Gasteiger partial charge in [0.2, 0.25) is 5.91 Å². The normalized spacial score (nSPS) is 13.7. The number of para-hydroxylation sites is 1. The molecule has 1 saturated heterocycles. The number of amides is 2. The Kier molecular flexibility index (Phi) is 6.63. The molecule has 3 aromatic rings. The molecule has 1 fully saturated rings. The van der Waals surface area contributed by atoms with Gasteiger partial charge in [-0.2, -0.15) is 5.10 Å². The second-order valence-corrected chi connectivity index (χ2v) is 7.76. The van der Waals surface area contributed by atoms with Crippen LogP contribution in [0.4, 0.5) is 0 Å². The van der Waals surface area contributed by atoms with Crippen LogP contribution in [0.15, 0.2) is 54.7 Å². The lowest BCUT2D eigenvalue weighted by Crippen LogP contribution is -2.50. The van der Waals surface area contributed by atoms with Crippen molar-refractivity contribution in [3.63, 3.8) is 0 Å². The average Bonchev–Trinajstić information content (AvgIpc) is 3.33. The summed E-state index contributed by atoms with van der Waals surface area (Å²) in [7, 11) is 3.18. The highest BCUT2D eigenvalue weighted by atomic mass is 16.5. The summed E-state index contributed by atoms with van der Waals surface area (Å²) >= 11 is 0. The quantitative estimate of drug-likeness (QED) is 0.579. The van der Waals surface area contributed by atoms with Crippen molar-refractivity contribution in [1.82, 2.24) is 19.6 Å². The lowest BCUT2D eigenvalue weighted by molar-refractivity contribution is -0.132. The van der Waals surface area contributed by atoms with Gasteiger partial charge in [0.05, 0.1) is 25.5 Å². The lowest BCUT2D eigenvalue weighted by atomic mass is 10.1. The molecule has 0 unspecified atom stereocenters. The number of hydrogen-bond acceptors (Lipinski definition) is 5. The number of aromatic nitrogens is 2. The molecule has 1 aliphatic heterocycles. The molecule has 8 nitrogen and oxygen atoms in total. The van der Waals surface area contributed by atoms with Crippen LogP contribution in [0.2, 0.25) is 0 Å². The first-order valence-electron chi connectivity index (χ1n) is 11.0. The fourth-order valence-corrected chi connectivity index (χ4v) is 3.99. The summed E-state index contributed by atoms with van der Waals surface area (Å²) in [4.78, 5) is 29.3. The van der Waals surface area contributed by atoms with Crippen molar-refractivity contribution in [3.8, 4) is 28.4 Å². The first kappa shape index (κ1) is 22.4. The number of rotatable bonds is 6. The third kappa shape index (κ3) is 4.55. The van der Waals surface area contributed by atoms with Crippen molar-refractivity contribution in [2.45, 2.75) is 13.3 Å². The van der Waals surface area contributed by atoms with E-state index in [-0.39, 0.29) is 11.8 Å². The van der Waals surface area contributed by atoms with Crippen LogP contribution in [0.5, 0.6) is 11.5 Å². The van der Waals surface area contributed by atoms with E-state index in [0.717, 1.165) is 5.69 Å². The molecule has 0 atom stereocenters. The fourth-order valence-electron chi connectivity index (χ4n) is 3.99. The molecule has 1 aliphatic rings. The summed E-state index contributed by atoms with van der Waals surface area (Å²) in [6.07, 6.45) is 2.23. The fraction of sp³-hybridized carbons (Fsp3) is 0.320. The maximum absolute atomic E-state index is 13.6. The van der Waals surface area contributed by atoms with E-state index in [1.807, 2.05) is 54.3 Å². The number of hydrogen-bond donors (Lipinski definition) is 0. The SMILES string of the molecule is CCC(=O)N1CCN(C(=O)c2cn(-c3ccccc3)nc2-c2cc(OC)ccc2OC)CC1. The van der Waals surface area contributed by atoms with Gasteiger partial charge in [-0.1, -0.05) is 25.1 Å². The monoisotopic (exact) mass is 448 g/mol. The number of carbonyl (C=O) groups is 2. The van der Waals surface area contributed by atoms with Gasteiger partial charge in [0, 0.05) is 44.4 Å². The zero-order valence-electron chi connectivity index (χ0n) is 19.2. The van der Waals surface area contributed by atoms with Gasteiger partial charge in [-0.05, 0) is 30.3 Å². The molecule has 0 aliphatic carbocycles. The maximum Gasteiger partial charge on any atom is 0.257 e. The Morgan fingerprint density at radius 1 is 0.939 bits per heavy atom. The summed E-state index contributed by atoms with van der Waals surface area (Å²) in [5.41, 5.74) is 2.51. The Hall–Kier alpha value is -3.81. The molecule has 2 amide bonds. The number of methoxy groups -OCH3 is 2. The van der Waals surface area contributed by atoms with E-state index in [1.54, 1.807) is 36.1 Å². The van der Waals surface area contributed by atoms with Gasteiger partial charge in [-0.25, -0.2) is 4.68 Å². The molecule has 1 aromatic heterocycles. The minimum atomic E-state index is -0.124. The van der Waals surface area contributed by atoms with Gasteiger partial charge < -0.3 is 19.3 Å². The van der Waals surface area contributed by atoms with Crippen LogP contribution in [-0.2, 0) is 4.79 Å². The molecule has 0 spiro atoms. The molecule has 0 saturated carbocycles. The van der Waals surface area contributed by atoms with Crippen LogP contribution >= 0.6 is 0 Å². The molecule has 0 radical (unpaired) electrons. The van der Waals surface area contributed by atoms with E-state index < -0.39 is 0 Å². The van der Waals surface area contributed by atoms with Crippen LogP contribution < -0.4 is 9.47 Å². The highest BCUT2D eigenvalue weighted by Gasteiger charge is 2.29. The van der Waals surface area contributed by atoms with E-state index in [9.17, 15) is 9.59 Å². The second-order valence-electron chi connectivity index (χ2n) is 7.76. The van der Waals surface area contributed by atoms with Gasteiger partial charge in [0.1, 0.15) is 17.2 Å². The van der Waals surface area contributed by atoms with Crippen molar-refractivity contribution >= 4 is 11.8 Å². The largest absolute Gasteiger partial charge is 0.497 e. The summed E-state index contributed by atoms with van der Waals surface area (Å²) in [6.45, 7) is 3.88. The molecule has 2 aromatic carbocycles. The standard InChI is InChI=1S/C25H28N4O4/c1-4-23(30)27-12-14-28(15-13-27)25(31)21-17-29(18-8-6-5-7-9-18)26-24(21)20-16-19(32-2)10-11-22(20)33-3/h5-11,16-17H,4,12-15H2,1-3H3. The molecule has 4 rings (SSSR count). The average molecular weight is 449 g/mol. The zero-order chi connectivity index (χ0) is 23.4. The van der Waals surface area contributed by atoms with Gasteiger partial charge >= 0.3 is 0 Å². The van der Waals surface area contributed by atoms with E-state index in [0.29, 0.717) is 60.9 Å². The Morgan fingerprint density at radius 2 is 1.64 bits per heavy atom. The predicted octanol–water partition coefficient (Wildman–Crippen LogP) is 3.25. The minimum Gasteiger partial charge on any atom is -0.497 e. The Bertz CT molecular complexity index is 1130. The van der Waals surface area contributed by atoms with Crippen molar-refractivity contribution in [3.05, 3.63) is 60.3 Å². The van der Waals surface area contributed by atoms with Crippen LogP contribution in [0.3, 0.4) is 0 Å². The highest BCUT2D eigenvalue weighted by molar-refractivity contribution is 6.00. The topological polar surface area (TPSA) is 76.9 Å². The van der Waals surface area contributed by atoms with E-state index in [4.69, 9.17) is 14.6 Å². The van der Waals surface area contributed by atoms with E-state index in [1.165, 1.54) is 0 Å². The summed E-state index contributed by atoms with van der Waals surface area (Å²) in [6, 6.07) is 15.1. The first-order chi connectivity index (χ1) is 16.0. The Balaban J connectivity index is 1.74. The molecule has 172 valence electrons. The number of nitrogens with zero attached hydrogens (tertiary/aromatic N) is 4. The molecule has 8 heteroatoms.